The monoisotopic (exact) mass is 558 g/mol. The van der Waals surface area contributed by atoms with Crippen LogP contribution in [-0.4, -0.2) is 71.7 Å². The lowest BCUT2D eigenvalue weighted by atomic mass is 9.88. The molecule has 0 radical (unpaired) electrons. The molecule has 3 heterocycles. The maximum Gasteiger partial charge on any atom is 0.244 e. The number of epoxide rings is 1. The van der Waals surface area contributed by atoms with E-state index in [-0.39, 0.29) is 47.9 Å². The minimum Gasteiger partial charge on any atom is -0.389 e. The topological polar surface area (TPSA) is 109 Å². The van der Waals surface area contributed by atoms with Gasteiger partial charge in [-0.1, -0.05) is 56.1 Å². The Labute approximate surface area is 240 Å². The minimum atomic E-state index is -0.648. The number of ether oxygens (including phenoxy) is 3. The van der Waals surface area contributed by atoms with Crippen LogP contribution in [0.2, 0.25) is 0 Å². The lowest BCUT2D eigenvalue weighted by Crippen LogP contribution is -2.50. The van der Waals surface area contributed by atoms with Gasteiger partial charge in [0.05, 0.1) is 55.2 Å². The van der Waals surface area contributed by atoms with Gasteiger partial charge in [0.1, 0.15) is 0 Å². The third kappa shape index (κ3) is 9.54. The van der Waals surface area contributed by atoms with Crippen molar-refractivity contribution in [3.05, 3.63) is 36.0 Å². The summed E-state index contributed by atoms with van der Waals surface area (Å²) in [6.45, 7) is 8.62. The Morgan fingerprint density at radius 1 is 1.07 bits per heavy atom. The van der Waals surface area contributed by atoms with Crippen molar-refractivity contribution in [1.82, 2.24) is 10.6 Å². The van der Waals surface area contributed by atoms with E-state index in [4.69, 9.17) is 14.2 Å². The molecule has 3 saturated heterocycles. The zero-order valence-corrected chi connectivity index (χ0v) is 24.8. The number of hydrogen-bond acceptors (Lipinski definition) is 6. The lowest BCUT2D eigenvalue weighted by molar-refractivity contribution is -0.128. The standard InChI is InChI=1S/C32H50N2O6/c1-21(11-14-29-22(2)16-28(24(4)39-29)34-30(36)15-12-23(3)35)10-13-26-18-32(20-38-32)19-27(40-26)17-31(37)33-25-8-6-5-7-9-25/h10-13,15,22-29,35H,5-9,14,16-20H2,1-4H3,(H,33,37)(H,34,36)/b13-10+,15-12-,21-11+/t22-,23-,24+,26+,27+,28+,29-,32+/m0/s1. The summed E-state index contributed by atoms with van der Waals surface area (Å²) in [5.41, 5.74) is 1.02. The molecule has 0 aromatic rings. The van der Waals surface area contributed by atoms with Crippen molar-refractivity contribution in [2.24, 2.45) is 5.92 Å². The molecule has 4 rings (SSSR count). The number of hydrogen-bond donors (Lipinski definition) is 3. The largest absolute Gasteiger partial charge is 0.389 e. The quantitative estimate of drug-likeness (QED) is 0.210. The molecule has 8 nitrogen and oxygen atoms in total. The fourth-order valence-electron chi connectivity index (χ4n) is 6.32. The van der Waals surface area contributed by atoms with E-state index in [1.165, 1.54) is 31.4 Å². The number of rotatable bonds is 10. The second kappa shape index (κ2) is 14.3. The molecule has 224 valence electrons. The Hall–Kier alpha value is -2.00. The number of allylic oxidation sites excluding steroid dienone is 2. The van der Waals surface area contributed by atoms with Crippen LogP contribution in [0.15, 0.2) is 36.0 Å². The summed E-state index contributed by atoms with van der Waals surface area (Å²) in [7, 11) is 0. The van der Waals surface area contributed by atoms with Crippen molar-refractivity contribution in [2.75, 3.05) is 6.61 Å². The second-order valence-electron chi connectivity index (χ2n) is 12.6. The molecule has 0 aromatic heterocycles. The Balaban J connectivity index is 1.23. The molecule has 40 heavy (non-hydrogen) atoms. The highest BCUT2D eigenvalue weighted by molar-refractivity contribution is 5.87. The summed E-state index contributed by atoms with van der Waals surface area (Å²) in [6.07, 6.45) is 18.0. The van der Waals surface area contributed by atoms with Gasteiger partial charge in [-0.25, -0.2) is 0 Å². The van der Waals surface area contributed by atoms with Crippen LogP contribution in [0.1, 0.15) is 91.9 Å². The second-order valence-corrected chi connectivity index (χ2v) is 12.6. The molecule has 1 aliphatic carbocycles. The molecule has 3 N–H and O–H groups in total. The van der Waals surface area contributed by atoms with Gasteiger partial charge in [-0.2, -0.15) is 0 Å². The van der Waals surface area contributed by atoms with Gasteiger partial charge in [0.25, 0.3) is 0 Å². The summed E-state index contributed by atoms with van der Waals surface area (Å²) < 4.78 is 18.4. The Kier molecular flexibility index (Phi) is 11.0. The maximum atomic E-state index is 12.7. The predicted molar refractivity (Wildman–Crippen MR) is 155 cm³/mol. The highest BCUT2D eigenvalue weighted by Gasteiger charge is 2.51. The lowest BCUT2D eigenvalue weighted by Gasteiger charge is -2.39. The van der Waals surface area contributed by atoms with Crippen LogP contribution in [0, 0.1) is 5.92 Å². The normalized spacial score (nSPS) is 36.2. The zero-order chi connectivity index (χ0) is 28.7. The number of carbonyl (C=O) groups excluding carboxylic acids is 2. The summed E-state index contributed by atoms with van der Waals surface area (Å²) in [4.78, 5) is 24.8. The summed E-state index contributed by atoms with van der Waals surface area (Å²) >= 11 is 0. The van der Waals surface area contributed by atoms with Crippen molar-refractivity contribution in [3.8, 4) is 0 Å². The molecule has 0 unspecified atom stereocenters. The summed E-state index contributed by atoms with van der Waals surface area (Å²) in [6, 6.07) is 0.265. The van der Waals surface area contributed by atoms with Crippen LogP contribution < -0.4 is 10.6 Å². The van der Waals surface area contributed by atoms with E-state index in [1.54, 1.807) is 6.92 Å². The number of carbonyl (C=O) groups is 2. The van der Waals surface area contributed by atoms with Gasteiger partial charge >= 0.3 is 0 Å². The van der Waals surface area contributed by atoms with Gasteiger partial charge in [0.15, 0.2) is 0 Å². The van der Waals surface area contributed by atoms with Crippen LogP contribution >= 0.6 is 0 Å². The van der Waals surface area contributed by atoms with Gasteiger partial charge in [0.2, 0.25) is 11.8 Å². The van der Waals surface area contributed by atoms with Crippen molar-refractivity contribution in [1.29, 1.82) is 0 Å². The Morgan fingerprint density at radius 2 is 1.82 bits per heavy atom. The Bertz CT molecular complexity index is 949. The maximum absolute atomic E-state index is 12.7. The summed E-state index contributed by atoms with van der Waals surface area (Å²) in [5, 5.41) is 15.6. The first kappa shape index (κ1) is 30.9. The van der Waals surface area contributed by atoms with E-state index in [0.717, 1.165) is 50.7 Å². The average Bonchev–Trinajstić information content (AvgIpc) is 3.65. The molecule has 3 aliphatic heterocycles. The van der Waals surface area contributed by atoms with Crippen molar-refractivity contribution < 1.29 is 28.9 Å². The van der Waals surface area contributed by atoms with Crippen molar-refractivity contribution in [2.45, 2.75) is 140 Å². The first-order valence-electron chi connectivity index (χ1n) is 15.4. The highest BCUT2D eigenvalue weighted by atomic mass is 16.6. The molecule has 4 fully saturated rings. The van der Waals surface area contributed by atoms with Crippen LogP contribution in [0.3, 0.4) is 0 Å². The molecule has 0 aromatic carbocycles. The smallest absolute Gasteiger partial charge is 0.244 e. The third-order valence-electron chi connectivity index (χ3n) is 8.79. The van der Waals surface area contributed by atoms with Gasteiger partial charge in [-0.3, -0.25) is 9.59 Å². The van der Waals surface area contributed by atoms with E-state index in [2.05, 4.69) is 42.7 Å². The van der Waals surface area contributed by atoms with E-state index in [9.17, 15) is 14.7 Å². The van der Waals surface area contributed by atoms with Crippen LogP contribution in [-0.2, 0) is 23.8 Å². The van der Waals surface area contributed by atoms with E-state index in [0.29, 0.717) is 18.4 Å². The zero-order valence-electron chi connectivity index (χ0n) is 24.8. The van der Waals surface area contributed by atoms with Crippen LogP contribution in [0.5, 0.6) is 0 Å². The van der Waals surface area contributed by atoms with Gasteiger partial charge < -0.3 is 30.0 Å². The van der Waals surface area contributed by atoms with Crippen LogP contribution in [0.4, 0.5) is 0 Å². The average molecular weight is 559 g/mol. The molecule has 8 atom stereocenters. The van der Waals surface area contributed by atoms with E-state index >= 15 is 0 Å². The molecule has 1 saturated carbocycles. The Morgan fingerprint density at radius 3 is 2.52 bits per heavy atom. The number of nitrogens with one attached hydrogen (secondary N) is 2. The van der Waals surface area contributed by atoms with E-state index < -0.39 is 6.10 Å². The molecular weight excluding hydrogens is 508 g/mol. The molecule has 2 amide bonds. The van der Waals surface area contributed by atoms with E-state index in [1.807, 2.05) is 6.92 Å². The van der Waals surface area contributed by atoms with Crippen molar-refractivity contribution in [3.63, 3.8) is 0 Å². The van der Waals surface area contributed by atoms with Crippen molar-refractivity contribution >= 4 is 11.8 Å². The molecule has 8 heteroatoms. The predicted octanol–water partition coefficient (Wildman–Crippen LogP) is 4.27. The molecule has 1 spiro atoms. The molecule has 4 aliphatic rings. The summed E-state index contributed by atoms with van der Waals surface area (Å²) in [5.74, 6) is 0.190. The SMILES string of the molecule is CC(/C=C/[C@@H]1C[C@]2(CO2)C[C@@H](CC(=O)NC2CCCCC2)O1)=C\C[C@@H]1O[C@H](C)[C@H](NC(=O)/C=C\[C@H](C)O)C[C@@H]1C. The minimum absolute atomic E-state index is 0.0551. The van der Waals surface area contributed by atoms with Gasteiger partial charge in [0, 0.05) is 25.0 Å². The number of aliphatic hydroxyl groups excluding tert-OH is 1. The van der Waals surface area contributed by atoms with Gasteiger partial charge in [-0.15, -0.1) is 0 Å². The van der Waals surface area contributed by atoms with Crippen LogP contribution in [0.25, 0.3) is 0 Å². The number of amides is 2. The number of aliphatic hydroxyl groups is 1. The third-order valence-corrected chi connectivity index (χ3v) is 8.79. The fraction of sp³-hybridized carbons (Fsp3) is 0.750. The first-order chi connectivity index (χ1) is 19.1. The van der Waals surface area contributed by atoms with Gasteiger partial charge in [-0.05, 0) is 52.4 Å². The fourth-order valence-corrected chi connectivity index (χ4v) is 6.32. The molecular formula is C32H50N2O6. The molecule has 0 bridgehead atoms. The highest BCUT2D eigenvalue weighted by Crippen LogP contribution is 2.43. The first-order valence-corrected chi connectivity index (χ1v) is 15.4.